The van der Waals surface area contributed by atoms with Crippen LogP contribution in [0.2, 0.25) is 0 Å². The molecule has 7 heteroatoms. The largest absolute Gasteiger partial charge is 0.340 e. The Kier molecular flexibility index (Phi) is 7.70. The molecule has 1 fully saturated rings. The average Bonchev–Trinajstić information content (AvgIpc) is 3.19. The molecule has 0 spiro atoms. The van der Waals surface area contributed by atoms with Gasteiger partial charge < -0.3 is 9.80 Å². The number of carbonyl (C=O) groups excluding carboxylic acids is 2. The first-order valence-electron chi connectivity index (χ1n) is 12.3. The van der Waals surface area contributed by atoms with Gasteiger partial charge in [-0.1, -0.05) is 24.3 Å². The molecule has 2 amide bonds. The van der Waals surface area contributed by atoms with Crippen LogP contribution in [0, 0.1) is 12.3 Å². The maximum Gasteiger partial charge on any atom is 0.239 e. The van der Waals surface area contributed by atoms with E-state index in [1.54, 1.807) is 0 Å². The van der Waals surface area contributed by atoms with Crippen molar-refractivity contribution in [2.75, 3.05) is 38.6 Å². The molecular formula is C27H36ClN3O2S. The molecule has 184 valence electrons. The minimum absolute atomic E-state index is 0.0745. The van der Waals surface area contributed by atoms with Crippen molar-refractivity contribution in [3.63, 3.8) is 0 Å². The summed E-state index contributed by atoms with van der Waals surface area (Å²) in [6, 6.07) is 10.6. The van der Waals surface area contributed by atoms with Gasteiger partial charge in [0, 0.05) is 43.5 Å². The predicted octanol–water partition coefficient (Wildman–Crippen LogP) is 4.72. The molecule has 2 aromatic rings. The summed E-state index contributed by atoms with van der Waals surface area (Å²) in [5.41, 5.74) is 3.28. The maximum atomic E-state index is 13.8. The molecule has 2 aliphatic rings. The third-order valence-electron chi connectivity index (χ3n) is 7.35. The Morgan fingerprint density at radius 2 is 1.76 bits per heavy atom. The molecule has 1 saturated heterocycles. The minimum Gasteiger partial charge on any atom is -0.340 e. The molecule has 2 atom stereocenters. The number of fused-ring (bicyclic) bond motifs is 1. The summed E-state index contributed by atoms with van der Waals surface area (Å²) in [5.74, 6) is 0.524. The Bertz CT molecular complexity index is 1040. The first kappa shape index (κ1) is 25.2. The monoisotopic (exact) mass is 501 g/mol. The predicted molar refractivity (Wildman–Crippen MR) is 139 cm³/mol. The van der Waals surface area contributed by atoms with E-state index in [-0.39, 0.29) is 23.9 Å². The minimum atomic E-state index is -0.583. The Labute approximate surface area is 212 Å². The van der Waals surface area contributed by atoms with E-state index < -0.39 is 5.41 Å². The van der Waals surface area contributed by atoms with E-state index in [2.05, 4.69) is 54.5 Å². The molecule has 0 N–H and O–H groups in total. The van der Waals surface area contributed by atoms with Crippen LogP contribution in [0.5, 0.6) is 0 Å². The molecule has 4 rings (SSSR count). The van der Waals surface area contributed by atoms with Gasteiger partial charge in [0.2, 0.25) is 11.8 Å². The summed E-state index contributed by atoms with van der Waals surface area (Å²) in [6.45, 7) is 11.3. The average molecular weight is 502 g/mol. The van der Waals surface area contributed by atoms with Crippen LogP contribution in [0.4, 0.5) is 0 Å². The van der Waals surface area contributed by atoms with E-state index >= 15 is 0 Å². The number of rotatable bonds is 5. The van der Waals surface area contributed by atoms with E-state index in [9.17, 15) is 9.59 Å². The zero-order valence-electron chi connectivity index (χ0n) is 20.7. The lowest BCUT2D eigenvalue weighted by molar-refractivity contribution is -0.140. The molecule has 0 unspecified atom stereocenters. The molecule has 0 bridgehead atoms. The Morgan fingerprint density at radius 1 is 1.06 bits per heavy atom. The molecule has 3 heterocycles. The summed E-state index contributed by atoms with van der Waals surface area (Å²) in [7, 11) is 0. The lowest BCUT2D eigenvalue weighted by Crippen LogP contribution is -2.51. The Hall–Kier alpha value is -1.89. The van der Waals surface area contributed by atoms with Gasteiger partial charge in [0.05, 0.1) is 17.5 Å². The van der Waals surface area contributed by atoms with Crippen molar-refractivity contribution in [1.82, 2.24) is 14.7 Å². The molecule has 34 heavy (non-hydrogen) atoms. The van der Waals surface area contributed by atoms with Crippen LogP contribution in [0.15, 0.2) is 35.7 Å². The first-order chi connectivity index (χ1) is 16.2. The summed E-state index contributed by atoms with van der Waals surface area (Å²) >= 11 is 7.86. The molecule has 1 aromatic heterocycles. The van der Waals surface area contributed by atoms with Gasteiger partial charge in [-0.25, -0.2) is 0 Å². The number of amides is 2. The van der Waals surface area contributed by atoms with Gasteiger partial charge in [0.25, 0.3) is 0 Å². The zero-order valence-corrected chi connectivity index (χ0v) is 22.3. The van der Waals surface area contributed by atoms with Gasteiger partial charge in [0.15, 0.2) is 0 Å². The number of hydrogen-bond donors (Lipinski definition) is 0. The lowest BCUT2D eigenvalue weighted by Gasteiger charge is -2.41. The molecular weight excluding hydrogens is 466 g/mol. The fourth-order valence-electron chi connectivity index (χ4n) is 5.22. The van der Waals surface area contributed by atoms with Gasteiger partial charge in [-0.15, -0.1) is 22.9 Å². The van der Waals surface area contributed by atoms with Gasteiger partial charge >= 0.3 is 0 Å². The number of halogens is 1. The third kappa shape index (κ3) is 4.91. The highest BCUT2D eigenvalue weighted by molar-refractivity contribution is 7.10. The first-order valence-corrected chi connectivity index (χ1v) is 13.7. The number of aryl methyl sites for hydroxylation is 1. The van der Waals surface area contributed by atoms with Crippen LogP contribution >= 0.6 is 22.9 Å². The van der Waals surface area contributed by atoms with Crippen molar-refractivity contribution in [2.24, 2.45) is 5.41 Å². The van der Waals surface area contributed by atoms with Crippen LogP contribution in [-0.4, -0.2) is 71.2 Å². The molecule has 0 saturated carbocycles. The van der Waals surface area contributed by atoms with E-state index in [0.29, 0.717) is 32.1 Å². The Morgan fingerprint density at radius 3 is 2.50 bits per heavy atom. The second kappa shape index (κ2) is 10.4. The summed E-state index contributed by atoms with van der Waals surface area (Å²) in [4.78, 5) is 34.3. The Balaban J connectivity index is 1.53. The van der Waals surface area contributed by atoms with Crippen molar-refractivity contribution in [2.45, 2.75) is 52.6 Å². The summed E-state index contributed by atoms with van der Waals surface area (Å²) in [5, 5.41) is 2.18. The van der Waals surface area contributed by atoms with E-state index in [0.717, 1.165) is 19.4 Å². The molecule has 0 radical (unpaired) electrons. The van der Waals surface area contributed by atoms with Crippen molar-refractivity contribution in [3.05, 3.63) is 57.3 Å². The van der Waals surface area contributed by atoms with Crippen molar-refractivity contribution in [1.29, 1.82) is 0 Å². The van der Waals surface area contributed by atoms with Crippen molar-refractivity contribution in [3.8, 4) is 0 Å². The van der Waals surface area contributed by atoms with Crippen molar-refractivity contribution >= 4 is 34.8 Å². The number of hydrogen-bond acceptors (Lipinski definition) is 4. The molecule has 0 aliphatic carbocycles. The maximum absolute atomic E-state index is 13.8. The zero-order chi connectivity index (χ0) is 24.5. The van der Waals surface area contributed by atoms with Crippen LogP contribution in [0.25, 0.3) is 0 Å². The van der Waals surface area contributed by atoms with Gasteiger partial charge in [-0.3, -0.25) is 14.5 Å². The lowest BCUT2D eigenvalue weighted by atomic mass is 9.89. The smallest absolute Gasteiger partial charge is 0.239 e. The van der Waals surface area contributed by atoms with Gasteiger partial charge in [-0.2, -0.15) is 0 Å². The standard InChI is InChI=1S/C27H36ClN3O2S/c1-19-8-5-6-9-21(19)24-22-11-17-34-23(22)10-14-31(24)20(2)25(32)29-12-7-13-30(16-15-29)26(33)27(3,4)18-28/h5-6,8-9,11,17,20,24H,7,10,12-16,18H2,1-4H3/t20-,24-/m1/s1. The number of benzene rings is 1. The van der Waals surface area contributed by atoms with Crippen LogP contribution in [-0.2, 0) is 16.0 Å². The SMILES string of the molecule is Cc1ccccc1[C@@H]1c2ccsc2CCN1[C@H](C)C(=O)N1CCCN(C(=O)C(C)(C)CCl)CC1. The van der Waals surface area contributed by atoms with Crippen LogP contribution in [0.1, 0.15) is 54.8 Å². The molecule has 1 aromatic carbocycles. The second-order valence-electron chi connectivity index (χ2n) is 10.2. The quantitative estimate of drug-likeness (QED) is 0.557. The van der Waals surface area contributed by atoms with E-state index in [1.165, 1.54) is 21.6 Å². The normalized spacial score (nSPS) is 20.6. The highest BCUT2D eigenvalue weighted by atomic mass is 35.5. The number of nitrogens with zero attached hydrogens (tertiary/aromatic N) is 3. The fraction of sp³-hybridized carbons (Fsp3) is 0.556. The third-order valence-corrected chi connectivity index (χ3v) is 9.01. The number of thiophene rings is 1. The van der Waals surface area contributed by atoms with Gasteiger partial charge in [0.1, 0.15) is 0 Å². The second-order valence-corrected chi connectivity index (χ2v) is 11.5. The van der Waals surface area contributed by atoms with Gasteiger partial charge in [-0.05, 0) is 68.7 Å². The van der Waals surface area contributed by atoms with E-state index in [1.807, 2.05) is 35.0 Å². The number of carbonyl (C=O) groups is 2. The summed E-state index contributed by atoms with van der Waals surface area (Å²) in [6.07, 6.45) is 1.77. The van der Waals surface area contributed by atoms with Crippen LogP contribution < -0.4 is 0 Å². The summed E-state index contributed by atoms with van der Waals surface area (Å²) < 4.78 is 0. The number of alkyl halides is 1. The van der Waals surface area contributed by atoms with E-state index in [4.69, 9.17) is 11.6 Å². The molecule has 2 aliphatic heterocycles. The highest BCUT2D eigenvalue weighted by Crippen LogP contribution is 2.40. The fourth-order valence-corrected chi connectivity index (χ4v) is 6.24. The molecule has 5 nitrogen and oxygen atoms in total. The van der Waals surface area contributed by atoms with Crippen molar-refractivity contribution < 1.29 is 9.59 Å². The highest BCUT2D eigenvalue weighted by Gasteiger charge is 2.38. The van der Waals surface area contributed by atoms with Crippen LogP contribution in [0.3, 0.4) is 0 Å². The topological polar surface area (TPSA) is 43.9 Å².